The molecule has 0 atom stereocenters. The lowest BCUT2D eigenvalue weighted by atomic mass is 10.1. The number of amides is 1. The first-order valence-corrected chi connectivity index (χ1v) is 12.6. The van der Waals surface area contributed by atoms with Crippen LogP contribution in [0.4, 0.5) is 5.69 Å². The average molecular weight is 510 g/mol. The third-order valence-electron chi connectivity index (χ3n) is 6.25. The highest BCUT2D eigenvalue weighted by Crippen LogP contribution is 2.24. The number of hydrazine groups is 2. The molecular formula is C30H31N5O3. The molecule has 0 saturated carbocycles. The van der Waals surface area contributed by atoms with Gasteiger partial charge in [0, 0.05) is 25.5 Å². The summed E-state index contributed by atoms with van der Waals surface area (Å²) >= 11 is 0. The Balaban J connectivity index is 1.33. The quantitative estimate of drug-likeness (QED) is 0.282. The standard InChI is InChI=1S/C30H31N5O3/c1-21-27(31-22(2)38-21)16-17-37-26-15-9-12-24(18-26)19-28-29(30(36)32-25-13-7-4-8-14-25)33-34-35(28)20-23-10-5-3-6-11-23/h3-15,18,33-34H,16-17,19-20H2,1-2H3,(H,32,36). The number of hydrogen-bond donors (Lipinski definition) is 3. The Hall–Kier alpha value is -4.56. The second kappa shape index (κ2) is 11.7. The van der Waals surface area contributed by atoms with E-state index in [2.05, 4.69) is 33.4 Å². The average Bonchev–Trinajstić information content (AvgIpc) is 3.46. The Bertz CT molecular complexity index is 1420. The summed E-state index contributed by atoms with van der Waals surface area (Å²) in [4.78, 5) is 17.7. The van der Waals surface area contributed by atoms with Crippen LogP contribution >= 0.6 is 0 Å². The van der Waals surface area contributed by atoms with Crippen molar-refractivity contribution in [1.82, 2.24) is 21.0 Å². The number of para-hydroxylation sites is 1. The molecule has 5 rings (SSSR count). The fourth-order valence-electron chi connectivity index (χ4n) is 4.39. The number of aryl methyl sites for hydroxylation is 2. The number of nitrogens with one attached hydrogen (secondary N) is 3. The van der Waals surface area contributed by atoms with Crippen LogP contribution in [0.3, 0.4) is 0 Å². The van der Waals surface area contributed by atoms with Gasteiger partial charge in [-0.25, -0.2) is 4.98 Å². The highest BCUT2D eigenvalue weighted by Gasteiger charge is 2.27. The lowest BCUT2D eigenvalue weighted by Crippen LogP contribution is -2.38. The van der Waals surface area contributed by atoms with Crippen LogP contribution < -0.4 is 21.0 Å². The van der Waals surface area contributed by atoms with Crippen LogP contribution in [-0.4, -0.2) is 22.5 Å². The summed E-state index contributed by atoms with van der Waals surface area (Å²) in [5.74, 6) is 2.05. The minimum absolute atomic E-state index is 0.208. The first-order chi connectivity index (χ1) is 18.5. The van der Waals surface area contributed by atoms with Gasteiger partial charge in [0.25, 0.3) is 5.91 Å². The van der Waals surface area contributed by atoms with Crippen molar-refractivity contribution >= 4 is 11.6 Å². The molecule has 3 N–H and O–H groups in total. The molecule has 0 saturated heterocycles. The SMILES string of the molecule is Cc1nc(CCOc2cccc(CC3=C(C(=O)Nc4ccccc4)NNN3Cc3ccccc3)c2)c(C)o1. The van der Waals surface area contributed by atoms with Gasteiger partial charge in [-0.3, -0.25) is 15.2 Å². The molecule has 0 radical (unpaired) electrons. The molecule has 194 valence electrons. The first-order valence-electron chi connectivity index (χ1n) is 12.6. The van der Waals surface area contributed by atoms with Crippen molar-refractivity contribution in [2.24, 2.45) is 0 Å². The Morgan fingerprint density at radius 2 is 1.71 bits per heavy atom. The van der Waals surface area contributed by atoms with E-state index in [4.69, 9.17) is 9.15 Å². The Morgan fingerprint density at radius 3 is 2.45 bits per heavy atom. The zero-order valence-corrected chi connectivity index (χ0v) is 21.5. The lowest BCUT2D eigenvalue weighted by molar-refractivity contribution is -0.113. The van der Waals surface area contributed by atoms with Crippen molar-refractivity contribution in [2.75, 3.05) is 11.9 Å². The number of anilines is 1. The van der Waals surface area contributed by atoms with Gasteiger partial charge in [-0.2, -0.15) is 0 Å². The third kappa shape index (κ3) is 6.22. The van der Waals surface area contributed by atoms with Gasteiger partial charge in [0.1, 0.15) is 17.2 Å². The summed E-state index contributed by atoms with van der Waals surface area (Å²) in [5, 5.41) is 4.95. The molecule has 8 heteroatoms. The Labute approximate surface area is 222 Å². The van der Waals surface area contributed by atoms with Crippen LogP contribution in [0.5, 0.6) is 5.75 Å². The zero-order valence-electron chi connectivity index (χ0n) is 21.5. The number of ether oxygens (including phenoxy) is 1. The molecule has 1 aromatic heterocycles. The van der Waals surface area contributed by atoms with E-state index in [9.17, 15) is 4.79 Å². The number of hydrogen-bond acceptors (Lipinski definition) is 7. The number of carbonyl (C=O) groups is 1. The largest absolute Gasteiger partial charge is 0.493 e. The lowest BCUT2D eigenvalue weighted by Gasteiger charge is -2.21. The predicted octanol–water partition coefficient (Wildman–Crippen LogP) is 4.83. The van der Waals surface area contributed by atoms with Crippen molar-refractivity contribution in [2.45, 2.75) is 33.2 Å². The fraction of sp³-hybridized carbons (Fsp3) is 0.200. The van der Waals surface area contributed by atoms with E-state index in [0.717, 1.165) is 39.7 Å². The Kier molecular flexibility index (Phi) is 7.70. The van der Waals surface area contributed by atoms with Crippen LogP contribution in [0, 0.1) is 13.8 Å². The number of aromatic nitrogens is 1. The van der Waals surface area contributed by atoms with Crippen LogP contribution in [0.25, 0.3) is 0 Å². The van der Waals surface area contributed by atoms with Crippen molar-refractivity contribution in [1.29, 1.82) is 0 Å². The van der Waals surface area contributed by atoms with Crippen molar-refractivity contribution in [3.05, 3.63) is 125 Å². The van der Waals surface area contributed by atoms with Gasteiger partial charge < -0.3 is 14.5 Å². The maximum Gasteiger partial charge on any atom is 0.275 e. The van der Waals surface area contributed by atoms with E-state index < -0.39 is 0 Å². The number of oxazole rings is 1. The minimum Gasteiger partial charge on any atom is -0.493 e. The number of carbonyl (C=O) groups excluding carboxylic acids is 1. The predicted molar refractivity (Wildman–Crippen MR) is 146 cm³/mol. The summed E-state index contributed by atoms with van der Waals surface area (Å²) in [5.41, 5.74) is 11.4. The van der Waals surface area contributed by atoms with Crippen LogP contribution in [0.15, 0.2) is 101 Å². The van der Waals surface area contributed by atoms with Crippen molar-refractivity contribution in [3.63, 3.8) is 0 Å². The van der Waals surface area contributed by atoms with E-state index in [1.165, 1.54) is 0 Å². The molecule has 3 aromatic carbocycles. The third-order valence-corrected chi connectivity index (χ3v) is 6.25. The molecule has 0 spiro atoms. The molecule has 0 bridgehead atoms. The van der Waals surface area contributed by atoms with Crippen LogP contribution in [0.2, 0.25) is 0 Å². The fourth-order valence-corrected chi connectivity index (χ4v) is 4.39. The molecule has 0 fully saturated rings. The van der Waals surface area contributed by atoms with E-state index >= 15 is 0 Å². The number of nitrogens with zero attached hydrogens (tertiary/aromatic N) is 2. The summed E-state index contributed by atoms with van der Waals surface area (Å²) < 4.78 is 11.5. The van der Waals surface area contributed by atoms with Gasteiger partial charge in [0.15, 0.2) is 5.89 Å². The first kappa shape index (κ1) is 25.1. The van der Waals surface area contributed by atoms with E-state index in [1.807, 2.05) is 91.7 Å². The molecular weight excluding hydrogens is 478 g/mol. The highest BCUT2D eigenvalue weighted by atomic mass is 16.5. The van der Waals surface area contributed by atoms with Gasteiger partial charge >= 0.3 is 0 Å². The molecule has 1 aliphatic rings. The topological polar surface area (TPSA) is 91.7 Å². The number of rotatable bonds is 10. The smallest absolute Gasteiger partial charge is 0.275 e. The molecule has 38 heavy (non-hydrogen) atoms. The molecule has 0 unspecified atom stereocenters. The Morgan fingerprint density at radius 1 is 0.974 bits per heavy atom. The minimum atomic E-state index is -0.208. The van der Waals surface area contributed by atoms with E-state index in [0.29, 0.717) is 37.6 Å². The van der Waals surface area contributed by atoms with Crippen LogP contribution in [-0.2, 0) is 24.2 Å². The second-order valence-corrected chi connectivity index (χ2v) is 9.11. The number of benzene rings is 3. The van der Waals surface area contributed by atoms with Gasteiger partial charge in [0.2, 0.25) is 0 Å². The van der Waals surface area contributed by atoms with Crippen molar-refractivity contribution < 1.29 is 13.9 Å². The maximum atomic E-state index is 13.2. The van der Waals surface area contributed by atoms with Gasteiger partial charge in [-0.05, 0) is 42.3 Å². The summed E-state index contributed by atoms with van der Waals surface area (Å²) in [6.45, 7) is 4.85. The molecule has 4 aromatic rings. The zero-order chi connectivity index (χ0) is 26.3. The van der Waals surface area contributed by atoms with E-state index in [1.54, 1.807) is 0 Å². The number of allylic oxidation sites excluding steroid dienone is 1. The van der Waals surface area contributed by atoms with Crippen molar-refractivity contribution in [3.8, 4) is 5.75 Å². The van der Waals surface area contributed by atoms with Gasteiger partial charge in [0.05, 0.1) is 24.5 Å². The van der Waals surface area contributed by atoms with E-state index in [-0.39, 0.29) is 5.91 Å². The normalized spacial score (nSPS) is 12.9. The maximum absolute atomic E-state index is 13.2. The molecule has 1 aliphatic heterocycles. The van der Waals surface area contributed by atoms with Gasteiger partial charge in [-0.15, -0.1) is 5.53 Å². The monoisotopic (exact) mass is 509 g/mol. The highest BCUT2D eigenvalue weighted by molar-refractivity contribution is 6.04. The van der Waals surface area contributed by atoms with Gasteiger partial charge in [-0.1, -0.05) is 60.7 Å². The molecule has 0 aliphatic carbocycles. The summed E-state index contributed by atoms with van der Waals surface area (Å²) in [7, 11) is 0. The molecule has 2 heterocycles. The van der Waals surface area contributed by atoms with Crippen LogP contribution in [0.1, 0.15) is 28.5 Å². The molecule has 1 amide bonds. The molecule has 8 nitrogen and oxygen atoms in total. The summed E-state index contributed by atoms with van der Waals surface area (Å²) in [6.07, 6.45) is 1.20. The summed E-state index contributed by atoms with van der Waals surface area (Å²) in [6, 6.07) is 27.5. The second-order valence-electron chi connectivity index (χ2n) is 9.11.